The van der Waals surface area contributed by atoms with Crippen LogP contribution in [0.2, 0.25) is 0 Å². The Hall–Kier alpha value is -1.85. The Balaban J connectivity index is 1.64. The van der Waals surface area contributed by atoms with Gasteiger partial charge in [0.15, 0.2) is 0 Å². The number of unbranched alkanes of at least 4 members (excludes halogenated alkanes) is 2. The van der Waals surface area contributed by atoms with E-state index in [9.17, 15) is 4.79 Å². The fourth-order valence-electron chi connectivity index (χ4n) is 2.59. The number of hydrogen-bond acceptors (Lipinski definition) is 5. The molecule has 0 saturated heterocycles. The molecule has 0 fully saturated rings. The first-order valence-corrected chi connectivity index (χ1v) is 10.3. The third-order valence-electron chi connectivity index (χ3n) is 3.83. The molecular formula is C20H22O3S2. The van der Waals surface area contributed by atoms with Gasteiger partial charge in [0.05, 0.1) is 6.61 Å². The number of hydrogen-bond donors (Lipinski definition) is 0. The van der Waals surface area contributed by atoms with Gasteiger partial charge in [0.1, 0.15) is 16.4 Å². The van der Waals surface area contributed by atoms with Crippen molar-refractivity contribution in [3.8, 4) is 11.5 Å². The van der Waals surface area contributed by atoms with E-state index in [1.807, 2.05) is 25.1 Å². The van der Waals surface area contributed by atoms with E-state index in [0.717, 1.165) is 12.2 Å². The van der Waals surface area contributed by atoms with E-state index in [-0.39, 0.29) is 5.97 Å². The minimum atomic E-state index is -0.301. The maximum Gasteiger partial charge on any atom is 0.353 e. The molecule has 0 N–H and O–H groups in total. The van der Waals surface area contributed by atoms with Gasteiger partial charge in [-0.1, -0.05) is 19.8 Å². The van der Waals surface area contributed by atoms with E-state index in [2.05, 4.69) is 13.0 Å². The standard InChI is InChI=1S/C20H22O3S2/c1-3-5-6-7-16-12-17-18(24-16)13-19(25-17)20(21)23-15-10-8-14(9-11-15)22-4-2/h8-13H,3-7H2,1-2H3. The molecule has 2 heterocycles. The highest BCUT2D eigenvalue weighted by atomic mass is 32.1. The average Bonchev–Trinajstić information content (AvgIpc) is 3.16. The fraction of sp³-hybridized carbons (Fsp3) is 0.350. The Morgan fingerprint density at radius 2 is 1.68 bits per heavy atom. The third-order valence-corrected chi connectivity index (χ3v) is 6.16. The molecule has 5 heteroatoms. The second-order valence-corrected chi connectivity index (χ2v) is 8.06. The number of rotatable bonds is 8. The van der Waals surface area contributed by atoms with Gasteiger partial charge in [-0.2, -0.15) is 0 Å². The van der Waals surface area contributed by atoms with Gasteiger partial charge in [0, 0.05) is 14.3 Å². The zero-order chi connectivity index (χ0) is 17.6. The quantitative estimate of drug-likeness (QED) is 0.263. The van der Waals surface area contributed by atoms with E-state index < -0.39 is 0 Å². The van der Waals surface area contributed by atoms with Crippen molar-refractivity contribution in [3.05, 3.63) is 46.2 Å². The molecule has 0 unspecified atom stereocenters. The minimum Gasteiger partial charge on any atom is -0.494 e. The Morgan fingerprint density at radius 1 is 0.960 bits per heavy atom. The molecular weight excluding hydrogens is 352 g/mol. The summed E-state index contributed by atoms with van der Waals surface area (Å²) in [6.45, 7) is 4.77. The molecule has 0 aliphatic carbocycles. The lowest BCUT2D eigenvalue weighted by Gasteiger charge is -2.05. The zero-order valence-corrected chi connectivity index (χ0v) is 16.2. The van der Waals surface area contributed by atoms with Gasteiger partial charge in [-0.3, -0.25) is 0 Å². The van der Waals surface area contributed by atoms with Crippen molar-refractivity contribution in [2.75, 3.05) is 6.61 Å². The molecule has 25 heavy (non-hydrogen) atoms. The van der Waals surface area contributed by atoms with Crippen molar-refractivity contribution in [1.82, 2.24) is 0 Å². The fourth-order valence-corrected chi connectivity index (χ4v) is 4.93. The van der Waals surface area contributed by atoms with Crippen LogP contribution in [0.15, 0.2) is 36.4 Å². The van der Waals surface area contributed by atoms with E-state index >= 15 is 0 Å². The van der Waals surface area contributed by atoms with Crippen LogP contribution in [0.3, 0.4) is 0 Å². The number of carbonyl (C=O) groups is 1. The summed E-state index contributed by atoms with van der Waals surface area (Å²) < 4.78 is 13.2. The number of fused-ring (bicyclic) bond motifs is 1. The molecule has 0 spiro atoms. The van der Waals surface area contributed by atoms with Crippen LogP contribution in [-0.4, -0.2) is 12.6 Å². The van der Waals surface area contributed by atoms with Crippen molar-refractivity contribution in [1.29, 1.82) is 0 Å². The minimum absolute atomic E-state index is 0.301. The van der Waals surface area contributed by atoms with Crippen molar-refractivity contribution < 1.29 is 14.3 Å². The largest absolute Gasteiger partial charge is 0.494 e. The first-order chi connectivity index (χ1) is 12.2. The second kappa shape index (κ2) is 8.50. The number of carbonyl (C=O) groups excluding carboxylic acids is 1. The highest BCUT2D eigenvalue weighted by Gasteiger charge is 2.15. The van der Waals surface area contributed by atoms with Gasteiger partial charge in [-0.05, 0) is 56.2 Å². The molecule has 2 aromatic heterocycles. The molecule has 3 nitrogen and oxygen atoms in total. The van der Waals surface area contributed by atoms with Crippen LogP contribution >= 0.6 is 22.7 Å². The summed E-state index contributed by atoms with van der Waals surface area (Å²) in [5.41, 5.74) is 0. The maximum absolute atomic E-state index is 12.3. The SMILES string of the molecule is CCCCCc1cc2sc(C(=O)Oc3ccc(OCC)cc3)cc2s1. The van der Waals surface area contributed by atoms with Crippen LogP contribution < -0.4 is 9.47 Å². The summed E-state index contributed by atoms with van der Waals surface area (Å²) in [6, 6.07) is 11.3. The van der Waals surface area contributed by atoms with E-state index in [4.69, 9.17) is 9.47 Å². The molecule has 0 saturated carbocycles. The number of ether oxygens (including phenoxy) is 2. The molecule has 0 aliphatic heterocycles. The Kier molecular flexibility index (Phi) is 6.10. The highest BCUT2D eigenvalue weighted by Crippen LogP contribution is 2.34. The monoisotopic (exact) mass is 374 g/mol. The number of thiophene rings is 2. The molecule has 0 amide bonds. The predicted octanol–water partition coefficient (Wildman–Crippen LogP) is 6.31. The summed E-state index contributed by atoms with van der Waals surface area (Å²) >= 11 is 3.29. The lowest BCUT2D eigenvalue weighted by Crippen LogP contribution is -2.06. The topological polar surface area (TPSA) is 35.5 Å². The molecule has 0 bridgehead atoms. The summed E-state index contributed by atoms with van der Waals surface area (Å²) in [4.78, 5) is 14.4. The van der Waals surface area contributed by atoms with Crippen LogP contribution in [0.1, 0.15) is 47.7 Å². The van der Waals surface area contributed by atoms with Crippen molar-refractivity contribution in [3.63, 3.8) is 0 Å². The lowest BCUT2D eigenvalue weighted by atomic mass is 10.2. The van der Waals surface area contributed by atoms with Crippen molar-refractivity contribution in [2.45, 2.75) is 39.5 Å². The van der Waals surface area contributed by atoms with Crippen molar-refractivity contribution in [2.24, 2.45) is 0 Å². The van der Waals surface area contributed by atoms with Gasteiger partial charge >= 0.3 is 5.97 Å². The van der Waals surface area contributed by atoms with E-state index in [1.165, 1.54) is 44.9 Å². The van der Waals surface area contributed by atoms with E-state index in [0.29, 0.717) is 17.2 Å². The predicted molar refractivity (Wildman–Crippen MR) is 106 cm³/mol. The number of aryl methyl sites for hydroxylation is 1. The van der Waals surface area contributed by atoms with Crippen LogP contribution in [0.25, 0.3) is 9.40 Å². The molecule has 0 atom stereocenters. The van der Waals surface area contributed by atoms with Gasteiger partial charge < -0.3 is 9.47 Å². The summed E-state index contributed by atoms with van der Waals surface area (Å²) in [5.74, 6) is 1.00. The van der Waals surface area contributed by atoms with Gasteiger partial charge in [0.2, 0.25) is 0 Å². The lowest BCUT2D eigenvalue weighted by molar-refractivity contribution is 0.0740. The molecule has 0 radical (unpaired) electrons. The van der Waals surface area contributed by atoms with Crippen LogP contribution in [0, 0.1) is 0 Å². The summed E-state index contributed by atoms with van der Waals surface area (Å²) in [7, 11) is 0. The van der Waals surface area contributed by atoms with Crippen LogP contribution in [0.4, 0.5) is 0 Å². The average molecular weight is 375 g/mol. The maximum atomic E-state index is 12.3. The summed E-state index contributed by atoms with van der Waals surface area (Å²) in [5, 5.41) is 0. The van der Waals surface area contributed by atoms with Crippen LogP contribution in [0.5, 0.6) is 11.5 Å². The molecule has 3 aromatic rings. The zero-order valence-electron chi connectivity index (χ0n) is 14.5. The van der Waals surface area contributed by atoms with Gasteiger partial charge in [-0.25, -0.2) is 4.79 Å². The van der Waals surface area contributed by atoms with Crippen molar-refractivity contribution >= 4 is 38.0 Å². The Labute approximate surface area is 156 Å². The van der Waals surface area contributed by atoms with Crippen LogP contribution in [-0.2, 0) is 6.42 Å². The van der Waals surface area contributed by atoms with E-state index in [1.54, 1.807) is 23.5 Å². The smallest absolute Gasteiger partial charge is 0.353 e. The molecule has 132 valence electrons. The van der Waals surface area contributed by atoms with Gasteiger partial charge in [-0.15, -0.1) is 22.7 Å². The summed E-state index contributed by atoms with van der Waals surface area (Å²) in [6.07, 6.45) is 4.87. The first-order valence-electron chi connectivity index (χ1n) is 8.67. The normalized spacial score (nSPS) is 11.0. The highest BCUT2D eigenvalue weighted by molar-refractivity contribution is 7.28. The Bertz CT molecular complexity index is 799. The third kappa shape index (κ3) is 4.61. The second-order valence-electron chi connectivity index (χ2n) is 5.80. The number of benzene rings is 1. The Morgan fingerprint density at radius 3 is 2.36 bits per heavy atom. The van der Waals surface area contributed by atoms with Gasteiger partial charge in [0.25, 0.3) is 0 Å². The first kappa shape index (κ1) is 18.0. The molecule has 1 aromatic carbocycles. The molecule has 3 rings (SSSR count). The number of esters is 1. The molecule has 0 aliphatic rings.